The number of alkyl halides is 5. The van der Waals surface area contributed by atoms with Crippen LogP contribution >= 0.6 is 0 Å². The molecule has 2 unspecified atom stereocenters. The van der Waals surface area contributed by atoms with Gasteiger partial charge in [0.2, 0.25) is 0 Å². The van der Waals surface area contributed by atoms with Crippen LogP contribution in [-0.4, -0.2) is 48.0 Å². The van der Waals surface area contributed by atoms with E-state index in [1.807, 2.05) is 0 Å². The lowest BCUT2D eigenvalue weighted by atomic mass is 9.96. The van der Waals surface area contributed by atoms with Gasteiger partial charge in [-0.3, -0.25) is 4.79 Å². The maximum Gasteiger partial charge on any atom is 0.463 e. The van der Waals surface area contributed by atoms with Gasteiger partial charge in [0.15, 0.2) is 0 Å². The molecule has 1 amide bonds. The van der Waals surface area contributed by atoms with Gasteiger partial charge in [-0.25, -0.2) is 0 Å². The Balaban J connectivity index is 2.62. The Hall–Kier alpha value is -0.960. The minimum absolute atomic E-state index is 0.0477. The molecule has 2 N–H and O–H groups in total. The van der Waals surface area contributed by atoms with Crippen molar-refractivity contribution >= 4 is 5.91 Å². The summed E-state index contributed by atoms with van der Waals surface area (Å²) in [6.07, 6.45) is -6.67. The molecule has 4 nitrogen and oxygen atoms in total. The van der Waals surface area contributed by atoms with Crippen molar-refractivity contribution in [2.75, 3.05) is 13.2 Å². The Kier molecular flexibility index (Phi) is 3.87. The van der Waals surface area contributed by atoms with E-state index >= 15 is 0 Å². The van der Waals surface area contributed by atoms with Crippen LogP contribution in [0.1, 0.15) is 13.3 Å². The molecule has 0 aromatic heterocycles. The molecule has 106 valence electrons. The first-order valence-corrected chi connectivity index (χ1v) is 5.07. The van der Waals surface area contributed by atoms with E-state index in [4.69, 9.17) is 4.74 Å². The first kappa shape index (κ1) is 15.1. The minimum atomic E-state index is -5.96. The predicted octanol–water partition coefficient (Wildman–Crippen LogP) is 0.840. The zero-order valence-electron chi connectivity index (χ0n) is 9.35. The van der Waals surface area contributed by atoms with Gasteiger partial charge >= 0.3 is 12.1 Å². The highest BCUT2D eigenvalue weighted by Gasteiger charge is 2.63. The lowest BCUT2D eigenvalue weighted by molar-refractivity contribution is -0.270. The lowest BCUT2D eigenvalue weighted by Gasteiger charge is -2.27. The summed E-state index contributed by atoms with van der Waals surface area (Å²) in [5, 5.41) is 11.2. The van der Waals surface area contributed by atoms with Crippen LogP contribution in [0.3, 0.4) is 0 Å². The summed E-state index contributed by atoms with van der Waals surface area (Å²) in [5.41, 5.74) is -1.63. The van der Waals surface area contributed by atoms with Crippen molar-refractivity contribution in [1.82, 2.24) is 5.32 Å². The SMILES string of the molecule is CC1OCCC1(O)CNC(=O)C(F)(F)C(F)(F)F. The van der Waals surface area contributed by atoms with Gasteiger partial charge in [-0.15, -0.1) is 0 Å². The fraction of sp³-hybridized carbons (Fsp3) is 0.889. The third-order valence-corrected chi connectivity index (χ3v) is 2.86. The Bertz CT molecular complexity index is 333. The Morgan fingerprint density at radius 3 is 2.39 bits per heavy atom. The van der Waals surface area contributed by atoms with E-state index in [0.717, 1.165) is 0 Å². The zero-order valence-corrected chi connectivity index (χ0v) is 9.35. The zero-order chi connectivity index (χ0) is 14.2. The van der Waals surface area contributed by atoms with Crippen molar-refractivity contribution in [3.63, 3.8) is 0 Å². The second-order valence-electron chi connectivity index (χ2n) is 4.12. The third-order valence-electron chi connectivity index (χ3n) is 2.86. The van der Waals surface area contributed by atoms with Gasteiger partial charge in [-0.2, -0.15) is 22.0 Å². The van der Waals surface area contributed by atoms with Gasteiger partial charge in [-0.1, -0.05) is 0 Å². The van der Waals surface area contributed by atoms with Crippen molar-refractivity contribution in [2.24, 2.45) is 0 Å². The smallest absolute Gasteiger partial charge is 0.385 e. The van der Waals surface area contributed by atoms with E-state index in [2.05, 4.69) is 0 Å². The van der Waals surface area contributed by atoms with Gasteiger partial charge < -0.3 is 15.2 Å². The molecule has 0 aromatic rings. The number of rotatable bonds is 3. The molecule has 9 heteroatoms. The number of hydrogen-bond acceptors (Lipinski definition) is 3. The maximum atomic E-state index is 12.6. The number of ether oxygens (including phenoxy) is 1. The second-order valence-corrected chi connectivity index (χ2v) is 4.12. The summed E-state index contributed by atoms with van der Waals surface area (Å²) in [6, 6.07) is 0. The van der Waals surface area contributed by atoms with Crippen LogP contribution < -0.4 is 5.32 Å². The summed E-state index contributed by atoms with van der Waals surface area (Å²) >= 11 is 0. The van der Waals surface area contributed by atoms with E-state index in [-0.39, 0.29) is 13.0 Å². The molecule has 1 fully saturated rings. The van der Waals surface area contributed by atoms with Gasteiger partial charge in [0.25, 0.3) is 5.91 Å². The molecule has 0 aliphatic carbocycles. The monoisotopic (exact) mass is 277 g/mol. The molecule has 1 aliphatic heterocycles. The number of carbonyl (C=O) groups is 1. The van der Waals surface area contributed by atoms with Crippen LogP contribution in [0, 0.1) is 0 Å². The molecular weight excluding hydrogens is 265 g/mol. The van der Waals surface area contributed by atoms with Crippen LogP contribution in [0.15, 0.2) is 0 Å². The molecule has 0 radical (unpaired) electrons. The number of aliphatic hydroxyl groups is 1. The normalized spacial score (nSPS) is 29.4. The van der Waals surface area contributed by atoms with E-state index in [9.17, 15) is 31.9 Å². The van der Waals surface area contributed by atoms with Crippen LogP contribution in [0.4, 0.5) is 22.0 Å². The molecule has 0 saturated carbocycles. The van der Waals surface area contributed by atoms with Gasteiger partial charge in [-0.05, 0) is 6.92 Å². The van der Waals surface area contributed by atoms with Gasteiger partial charge in [0.1, 0.15) is 5.60 Å². The number of amides is 1. The van der Waals surface area contributed by atoms with Gasteiger partial charge in [0, 0.05) is 19.6 Å². The van der Waals surface area contributed by atoms with Crippen molar-refractivity contribution in [3.8, 4) is 0 Å². The number of nitrogens with one attached hydrogen (secondary N) is 1. The topological polar surface area (TPSA) is 58.6 Å². The Morgan fingerprint density at radius 1 is 1.44 bits per heavy atom. The minimum Gasteiger partial charge on any atom is -0.385 e. The first-order valence-electron chi connectivity index (χ1n) is 5.07. The number of halogens is 5. The average Bonchev–Trinajstić information content (AvgIpc) is 2.55. The second kappa shape index (κ2) is 4.61. The molecule has 1 aliphatic rings. The standard InChI is InChI=1S/C9H12F5NO3/c1-5-7(17,2-3-18-5)4-15-6(16)8(10,11)9(12,13)14/h5,17H,2-4H2,1H3,(H,15,16). The molecule has 0 aromatic carbocycles. The van der Waals surface area contributed by atoms with Crippen LogP contribution in [0.2, 0.25) is 0 Å². The maximum absolute atomic E-state index is 12.6. The first-order chi connectivity index (χ1) is 8.01. The molecule has 1 rings (SSSR count). The highest BCUT2D eigenvalue weighted by Crippen LogP contribution is 2.35. The fourth-order valence-corrected chi connectivity index (χ4v) is 1.48. The summed E-state index contributed by atoms with van der Waals surface area (Å²) in [4.78, 5) is 10.8. The van der Waals surface area contributed by atoms with E-state index in [0.29, 0.717) is 0 Å². The number of hydrogen-bond donors (Lipinski definition) is 2. The quantitative estimate of drug-likeness (QED) is 0.752. The highest BCUT2D eigenvalue weighted by molar-refractivity contribution is 5.84. The summed E-state index contributed by atoms with van der Waals surface area (Å²) in [5.74, 6) is -7.96. The van der Waals surface area contributed by atoms with Crippen LogP contribution in [0.25, 0.3) is 0 Å². The lowest BCUT2D eigenvalue weighted by Crippen LogP contribution is -2.55. The largest absolute Gasteiger partial charge is 0.463 e. The van der Waals surface area contributed by atoms with Crippen LogP contribution in [-0.2, 0) is 9.53 Å². The fourth-order valence-electron chi connectivity index (χ4n) is 1.48. The van der Waals surface area contributed by atoms with Crippen molar-refractivity contribution < 1.29 is 36.6 Å². The van der Waals surface area contributed by atoms with Crippen molar-refractivity contribution in [2.45, 2.75) is 37.1 Å². The molecule has 1 saturated heterocycles. The molecule has 2 atom stereocenters. The highest BCUT2D eigenvalue weighted by atomic mass is 19.4. The van der Waals surface area contributed by atoms with Gasteiger partial charge in [0.05, 0.1) is 6.10 Å². The average molecular weight is 277 g/mol. The Morgan fingerprint density at radius 2 is 2.00 bits per heavy atom. The Labute approximate surface area is 99.1 Å². The van der Waals surface area contributed by atoms with Crippen LogP contribution in [0.5, 0.6) is 0 Å². The molecule has 18 heavy (non-hydrogen) atoms. The molecule has 1 heterocycles. The van der Waals surface area contributed by atoms with E-state index in [1.165, 1.54) is 12.2 Å². The third kappa shape index (κ3) is 2.72. The van der Waals surface area contributed by atoms with E-state index < -0.39 is 36.3 Å². The molecule has 0 bridgehead atoms. The van der Waals surface area contributed by atoms with Crippen molar-refractivity contribution in [3.05, 3.63) is 0 Å². The molecule has 0 spiro atoms. The summed E-state index contributed by atoms with van der Waals surface area (Å²) in [6.45, 7) is 0.850. The molecular formula is C9H12F5NO3. The summed E-state index contributed by atoms with van der Waals surface area (Å²) < 4.78 is 65.7. The van der Waals surface area contributed by atoms with Crippen molar-refractivity contribution in [1.29, 1.82) is 0 Å². The summed E-state index contributed by atoms with van der Waals surface area (Å²) in [7, 11) is 0. The predicted molar refractivity (Wildman–Crippen MR) is 49.0 cm³/mol. The number of carbonyl (C=O) groups excluding carboxylic acids is 1. The van der Waals surface area contributed by atoms with E-state index in [1.54, 1.807) is 0 Å².